The molecule has 0 spiro atoms. The molecule has 0 aromatic carbocycles. The first-order chi connectivity index (χ1) is 13.3. The Bertz CT molecular complexity index is 757. The molecule has 2 fully saturated rings. The molecule has 1 N–H and O–H groups in total. The molecule has 0 bridgehead atoms. The van der Waals surface area contributed by atoms with Gasteiger partial charge in [-0.05, 0) is 36.6 Å². The monoisotopic (exact) mass is 370 g/mol. The maximum atomic E-state index is 5.94. The highest BCUT2D eigenvalue weighted by Gasteiger charge is 2.32. The van der Waals surface area contributed by atoms with Crippen LogP contribution in [-0.2, 0) is 16.0 Å². The van der Waals surface area contributed by atoms with E-state index in [-0.39, 0.29) is 12.2 Å². The highest BCUT2D eigenvalue weighted by molar-refractivity contribution is 5.80. The van der Waals surface area contributed by atoms with Crippen molar-refractivity contribution < 1.29 is 9.47 Å². The maximum absolute atomic E-state index is 5.94. The van der Waals surface area contributed by atoms with E-state index in [0.717, 1.165) is 49.9 Å². The molecule has 2 unspecified atom stereocenters. The zero-order valence-corrected chi connectivity index (χ0v) is 15.6. The Morgan fingerprint density at radius 2 is 2.22 bits per heavy atom. The standard InChI is InChI=1S/C19H26N6O2/c1-20-19(24-9-11-27-17(14-24)16-4-2-10-26-16)22-13-15-5-7-21-18(12-15)25-8-3-6-23-25/h3,5-8,12,16-17H,2,4,9-11,13-14H2,1H3,(H,20,22). The molecule has 0 saturated carbocycles. The number of guanidine groups is 1. The van der Waals surface area contributed by atoms with E-state index < -0.39 is 0 Å². The van der Waals surface area contributed by atoms with Crippen molar-refractivity contribution >= 4 is 5.96 Å². The highest BCUT2D eigenvalue weighted by atomic mass is 16.5. The number of rotatable bonds is 4. The van der Waals surface area contributed by atoms with Gasteiger partial charge < -0.3 is 19.7 Å². The number of aromatic nitrogens is 3. The molecule has 8 heteroatoms. The van der Waals surface area contributed by atoms with Crippen LogP contribution < -0.4 is 5.32 Å². The van der Waals surface area contributed by atoms with Crippen molar-refractivity contribution in [1.29, 1.82) is 0 Å². The molecule has 0 aliphatic carbocycles. The first-order valence-electron chi connectivity index (χ1n) is 9.47. The molecular weight excluding hydrogens is 344 g/mol. The van der Waals surface area contributed by atoms with E-state index in [1.165, 1.54) is 0 Å². The van der Waals surface area contributed by atoms with Crippen LogP contribution in [0.4, 0.5) is 0 Å². The van der Waals surface area contributed by atoms with Gasteiger partial charge in [-0.25, -0.2) is 9.67 Å². The SMILES string of the molecule is CN=C(NCc1ccnc(-n2cccn2)c1)N1CCOC(C2CCCO2)C1. The number of morpholine rings is 1. The minimum atomic E-state index is 0.118. The Morgan fingerprint density at radius 1 is 1.30 bits per heavy atom. The molecule has 0 radical (unpaired) electrons. The van der Waals surface area contributed by atoms with E-state index in [0.29, 0.717) is 13.2 Å². The van der Waals surface area contributed by atoms with Crippen molar-refractivity contribution in [1.82, 2.24) is 25.0 Å². The van der Waals surface area contributed by atoms with Crippen molar-refractivity contribution in [2.75, 3.05) is 33.4 Å². The number of pyridine rings is 1. The van der Waals surface area contributed by atoms with E-state index in [4.69, 9.17) is 9.47 Å². The van der Waals surface area contributed by atoms with Crippen molar-refractivity contribution in [3.8, 4) is 5.82 Å². The van der Waals surface area contributed by atoms with Crippen LogP contribution in [0.1, 0.15) is 18.4 Å². The van der Waals surface area contributed by atoms with Gasteiger partial charge in [0.1, 0.15) is 6.10 Å². The number of ether oxygens (including phenoxy) is 2. The van der Waals surface area contributed by atoms with E-state index in [1.807, 2.05) is 31.4 Å². The quantitative estimate of drug-likeness (QED) is 0.644. The number of nitrogens with zero attached hydrogens (tertiary/aromatic N) is 5. The average molecular weight is 370 g/mol. The molecule has 8 nitrogen and oxygen atoms in total. The summed E-state index contributed by atoms with van der Waals surface area (Å²) in [5.41, 5.74) is 1.13. The summed E-state index contributed by atoms with van der Waals surface area (Å²) in [5.74, 6) is 1.69. The van der Waals surface area contributed by atoms with Crippen LogP contribution in [0.25, 0.3) is 5.82 Å². The molecule has 27 heavy (non-hydrogen) atoms. The smallest absolute Gasteiger partial charge is 0.194 e. The summed E-state index contributed by atoms with van der Waals surface area (Å²) in [6, 6.07) is 5.92. The van der Waals surface area contributed by atoms with Gasteiger partial charge in [-0.3, -0.25) is 4.99 Å². The molecule has 2 atom stereocenters. The summed E-state index contributed by atoms with van der Waals surface area (Å²) < 4.78 is 13.5. The Hall–Kier alpha value is -2.45. The van der Waals surface area contributed by atoms with E-state index in [2.05, 4.69) is 25.3 Å². The number of hydrogen-bond acceptors (Lipinski definition) is 5. The molecule has 2 saturated heterocycles. The van der Waals surface area contributed by atoms with E-state index in [9.17, 15) is 0 Å². The fraction of sp³-hybridized carbons (Fsp3) is 0.526. The van der Waals surface area contributed by atoms with Gasteiger partial charge >= 0.3 is 0 Å². The molecule has 2 aromatic heterocycles. The van der Waals surface area contributed by atoms with Gasteiger partial charge in [0.15, 0.2) is 11.8 Å². The molecule has 2 aliphatic heterocycles. The van der Waals surface area contributed by atoms with Crippen LogP contribution >= 0.6 is 0 Å². The minimum absolute atomic E-state index is 0.118. The van der Waals surface area contributed by atoms with Crippen LogP contribution in [0.2, 0.25) is 0 Å². The fourth-order valence-corrected chi connectivity index (χ4v) is 3.60. The molecule has 0 amide bonds. The zero-order valence-electron chi connectivity index (χ0n) is 15.6. The topological polar surface area (TPSA) is 76.8 Å². The predicted molar refractivity (Wildman–Crippen MR) is 102 cm³/mol. The Labute approximate surface area is 159 Å². The van der Waals surface area contributed by atoms with Crippen LogP contribution in [0.15, 0.2) is 41.8 Å². The summed E-state index contributed by atoms with van der Waals surface area (Å²) in [6.45, 7) is 3.85. The van der Waals surface area contributed by atoms with Crippen molar-refractivity contribution in [3.05, 3.63) is 42.4 Å². The number of aliphatic imine (C=N–C) groups is 1. The van der Waals surface area contributed by atoms with Gasteiger partial charge in [0.2, 0.25) is 0 Å². The van der Waals surface area contributed by atoms with E-state index >= 15 is 0 Å². The Balaban J connectivity index is 1.37. The van der Waals surface area contributed by atoms with Crippen LogP contribution in [0.5, 0.6) is 0 Å². The Kier molecular flexibility index (Phi) is 5.64. The van der Waals surface area contributed by atoms with Gasteiger partial charge in [-0.2, -0.15) is 5.10 Å². The summed E-state index contributed by atoms with van der Waals surface area (Å²) in [6.07, 6.45) is 7.97. The largest absolute Gasteiger partial charge is 0.375 e. The first kappa shape index (κ1) is 17.9. The molecule has 144 valence electrons. The van der Waals surface area contributed by atoms with Gasteiger partial charge in [0, 0.05) is 51.9 Å². The normalized spacial score (nSPS) is 23.6. The zero-order chi connectivity index (χ0) is 18.5. The van der Waals surface area contributed by atoms with Gasteiger partial charge in [-0.1, -0.05) is 0 Å². The summed E-state index contributed by atoms with van der Waals surface area (Å²) in [4.78, 5) is 11.1. The van der Waals surface area contributed by atoms with Gasteiger partial charge in [0.05, 0.1) is 12.7 Å². The first-order valence-corrected chi connectivity index (χ1v) is 9.47. The highest BCUT2D eigenvalue weighted by Crippen LogP contribution is 2.21. The third kappa shape index (κ3) is 4.28. The van der Waals surface area contributed by atoms with Crippen molar-refractivity contribution in [2.24, 2.45) is 4.99 Å². The molecular formula is C19H26N6O2. The lowest BCUT2D eigenvalue weighted by molar-refractivity contribution is -0.0817. The third-order valence-electron chi connectivity index (χ3n) is 4.98. The van der Waals surface area contributed by atoms with Gasteiger partial charge in [-0.15, -0.1) is 0 Å². The van der Waals surface area contributed by atoms with E-state index in [1.54, 1.807) is 17.1 Å². The summed E-state index contributed by atoms with van der Waals surface area (Å²) in [5, 5.41) is 7.70. The van der Waals surface area contributed by atoms with Crippen LogP contribution in [0.3, 0.4) is 0 Å². The lowest BCUT2D eigenvalue weighted by atomic mass is 10.1. The summed E-state index contributed by atoms with van der Waals surface area (Å²) >= 11 is 0. The van der Waals surface area contributed by atoms with Crippen molar-refractivity contribution in [3.63, 3.8) is 0 Å². The third-order valence-corrected chi connectivity index (χ3v) is 4.98. The summed E-state index contributed by atoms with van der Waals surface area (Å²) in [7, 11) is 1.82. The lowest BCUT2D eigenvalue weighted by Crippen LogP contribution is -2.53. The number of nitrogens with one attached hydrogen (secondary N) is 1. The second-order valence-corrected chi connectivity index (χ2v) is 6.78. The maximum Gasteiger partial charge on any atom is 0.194 e. The fourth-order valence-electron chi connectivity index (χ4n) is 3.60. The second kappa shape index (κ2) is 8.49. The predicted octanol–water partition coefficient (Wildman–Crippen LogP) is 1.22. The number of hydrogen-bond donors (Lipinski definition) is 1. The van der Waals surface area contributed by atoms with Crippen LogP contribution in [-0.4, -0.2) is 71.2 Å². The van der Waals surface area contributed by atoms with Crippen LogP contribution in [0, 0.1) is 0 Å². The minimum Gasteiger partial charge on any atom is -0.375 e. The Morgan fingerprint density at radius 3 is 3.00 bits per heavy atom. The van der Waals surface area contributed by atoms with Crippen molar-refractivity contribution in [2.45, 2.75) is 31.6 Å². The van der Waals surface area contributed by atoms with Gasteiger partial charge in [0.25, 0.3) is 0 Å². The molecule has 2 aliphatic rings. The molecule has 2 aromatic rings. The lowest BCUT2D eigenvalue weighted by Gasteiger charge is -2.37. The molecule has 4 rings (SSSR count). The molecule has 4 heterocycles. The average Bonchev–Trinajstić information content (AvgIpc) is 3.43. The second-order valence-electron chi connectivity index (χ2n) is 6.78.